The Morgan fingerprint density at radius 2 is 1.19 bits per heavy atom. The van der Waals surface area contributed by atoms with Crippen LogP contribution < -0.4 is 5.73 Å². The van der Waals surface area contributed by atoms with Crippen LogP contribution in [0, 0.1) is 0 Å². The molecule has 0 saturated heterocycles. The average molecular weight is 208 g/mol. The first-order chi connectivity index (χ1) is 7.77. The van der Waals surface area contributed by atoms with Gasteiger partial charge in [0.2, 0.25) is 0 Å². The van der Waals surface area contributed by atoms with E-state index in [1.54, 1.807) is 6.08 Å². The summed E-state index contributed by atoms with van der Waals surface area (Å²) in [5.74, 6) is 0. The molecule has 2 rings (SSSR count). The zero-order chi connectivity index (χ0) is 11.4. The van der Waals surface area contributed by atoms with Crippen LogP contribution >= 0.6 is 0 Å². The molecule has 1 heteroatoms. The zero-order valence-electron chi connectivity index (χ0n) is 9.06. The van der Waals surface area contributed by atoms with Crippen molar-refractivity contribution in [3.05, 3.63) is 84.4 Å². The Kier molecular flexibility index (Phi) is 2.88. The standard InChI is InChI=1S/C15H14N/c1-2-15(16,13-9-5-3-6-10-13)14-11-7-4-8-12-14/h2-12,16H,1H2. The second kappa shape index (κ2) is 4.33. The topological polar surface area (TPSA) is 23.8 Å². The molecule has 0 aliphatic rings. The Bertz CT molecular complexity index is 420. The largest absolute Gasteiger partial charge is 0.237 e. The minimum Gasteiger partial charge on any atom is -0.237 e. The van der Waals surface area contributed by atoms with Gasteiger partial charge in [-0.1, -0.05) is 66.7 Å². The molecule has 0 atom stereocenters. The number of hydrogen-bond donors (Lipinski definition) is 0. The number of nitrogens with one attached hydrogen (secondary N) is 1. The van der Waals surface area contributed by atoms with E-state index in [0.717, 1.165) is 11.1 Å². The molecule has 0 fully saturated rings. The third kappa shape index (κ3) is 1.77. The molecule has 0 unspecified atom stereocenters. The van der Waals surface area contributed by atoms with Crippen LogP contribution in [0.15, 0.2) is 73.3 Å². The molecular formula is C15H14N. The molecule has 1 N–H and O–H groups in total. The van der Waals surface area contributed by atoms with Crippen molar-refractivity contribution >= 4 is 0 Å². The fourth-order valence-electron chi connectivity index (χ4n) is 1.80. The highest BCUT2D eigenvalue weighted by Crippen LogP contribution is 2.29. The third-order valence-corrected chi connectivity index (χ3v) is 2.76. The minimum absolute atomic E-state index is 0.859. The van der Waals surface area contributed by atoms with Gasteiger partial charge in [-0.25, -0.2) is 5.73 Å². The molecule has 2 aromatic carbocycles. The maximum Gasteiger partial charge on any atom is 0.100 e. The molecule has 16 heavy (non-hydrogen) atoms. The molecule has 0 aliphatic carbocycles. The molecule has 0 aliphatic heterocycles. The van der Waals surface area contributed by atoms with Crippen LogP contribution in [-0.2, 0) is 5.54 Å². The molecular weight excluding hydrogens is 194 g/mol. The van der Waals surface area contributed by atoms with E-state index in [2.05, 4.69) is 6.58 Å². The van der Waals surface area contributed by atoms with Crippen LogP contribution in [0.2, 0.25) is 0 Å². The van der Waals surface area contributed by atoms with Crippen LogP contribution in [0.3, 0.4) is 0 Å². The molecule has 0 amide bonds. The lowest BCUT2D eigenvalue weighted by Gasteiger charge is -2.25. The molecule has 0 aromatic heterocycles. The van der Waals surface area contributed by atoms with Crippen molar-refractivity contribution in [2.75, 3.05) is 0 Å². The lowest BCUT2D eigenvalue weighted by atomic mass is 9.84. The second-order valence-corrected chi connectivity index (χ2v) is 3.74. The van der Waals surface area contributed by atoms with Crippen molar-refractivity contribution < 1.29 is 0 Å². The lowest BCUT2D eigenvalue weighted by molar-refractivity contribution is 0.657. The number of rotatable bonds is 3. The highest BCUT2D eigenvalue weighted by Gasteiger charge is 2.26. The van der Waals surface area contributed by atoms with Gasteiger partial charge >= 0.3 is 0 Å². The molecule has 0 heterocycles. The first-order valence-corrected chi connectivity index (χ1v) is 5.27. The average Bonchev–Trinajstić information content (AvgIpc) is 2.40. The first-order valence-electron chi connectivity index (χ1n) is 5.27. The van der Waals surface area contributed by atoms with E-state index in [1.165, 1.54) is 0 Å². The van der Waals surface area contributed by atoms with Crippen LogP contribution in [-0.4, -0.2) is 0 Å². The van der Waals surface area contributed by atoms with E-state index >= 15 is 0 Å². The van der Waals surface area contributed by atoms with E-state index in [1.807, 2.05) is 60.7 Å². The summed E-state index contributed by atoms with van der Waals surface area (Å²) in [5.41, 5.74) is 9.56. The summed E-state index contributed by atoms with van der Waals surface area (Å²) < 4.78 is 0. The van der Waals surface area contributed by atoms with Gasteiger partial charge in [0, 0.05) is 0 Å². The fraction of sp³-hybridized carbons (Fsp3) is 0.0667. The minimum atomic E-state index is -0.859. The number of hydrogen-bond acceptors (Lipinski definition) is 0. The van der Waals surface area contributed by atoms with Crippen LogP contribution in [0.5, 0.6) is 0 Å². The predicted molar refractivity (Wildman–Crippen MR) is 67.0 cm³/mol. The zero-order valence-corrected chi connectivity index (χ0v) is 9.06. The molecule has 79 valence electrons. The lowest BCUT2D eigenvalue weighted by Crippen LogP contribution is -2.26. The summed E-state index contributed by atoms with van der Waals surface area (Å²) in [6.07, 6.45) is 1.68. The van der Waals surface area contributed by atoms with Crippen molar-refractivity contribution in [1.29, 1.82) is 0 Å². The SMILES string of the molecule is C=CC([NH])(c1ccccc1)c1ccccc1. The molecule has 1 radical (unpaired) electrons. The van der Waals surface area contributed by atoms with E-state index in [-0.39, 0.29) is 0 Å². The van der Waals surface area contributed by atoms with E-state index in [9.17, 15) is 0 Å². The van der Waals surface area contributed by atoms with Crippen LogP contribution in [0.4, 0.5) is 0 Å². The van der Waals surface area contributed by atoms with Gasteiger partial charge in [-0.15, -0.1) is 6.58 Å². The van der Waals surface area contributed by atoms with Crippen LogP contribution in [0.25, 0.3) is 0 Å². The Balaban J connectivity index is 2.53. The monoisotopic (exact) mass is 208 g/mol. The van der Waals surface area contributed by atoms with Crippen LogP contribution in [0.1, 0.15) is 11.1 Å². The first kappa shape index (κ1) is 10.7. The second-order valence-electron chi connectivity index (χ2n) is 3.74. The molecule has 2 aromatic rings. The maximum atomic E-state index is 8.53. The number of benzene rings is 2. The van der Waals surface area contributed by atoms with Gasteiger partial charge in [0.15, 0.2) is 0 Å². The smallest absolute Gasteiger partial charge is 0.100 e. The fourth-order valence-corrected chi connectivity index (χ4v) is 1.80. The van der Waals surface area contributed by atoms with Crippen molar-refractivity contribution in [1.82, 2.24) is 5.73 Å². The van der Waals surface area contributed by atoms with Gasteiger partial charge in [-0.2, -0.15) is 0 Å². The summed E-state index contributed by atoms with van der Waals surface area (Å²) in [4.78, 5) is 0. The quantitative estimate of drug-likeness (QED) is 0.690. The Morgan fingerprint density at radius 1 is 0.812 bits per heavy atom. The summed E-state index contributed by atoms with van der Waals surface area (Å²) in [7, 11) is 0. The predicted octanol–water partition coefficient (Wildman–Crippen LogP) is 3.40. The summed E-state index contributed by atoms with van der Waals surface area (Å²) >= 11 is 0. The maximum absolute atomic E-state index is 8.53. The highest BCUT2D eigenvalue weighted by molar-refractivity contribution is 5.41. The van der Waals surface area contributed by atoms with E-state index in [4.69, 9.17) is 5.73 Å². The van der Waals surface area contributed by atoms with E-state index in [0.29, 0.717) is 0 Å². The Labute approximate surface area is 96.2 Å². The Hall–Kier alpha value is -1.86. The van der Waals surface area contributed by atoms with Gasteiger partial charge in [-0.3, -0.25) is 0 Å². The van der Waals surface area contributed by atoms with Gasteiger partial charge in [-0.05, 0) is 11.1 Å². The third-order valence-electron chi connectivity index (χ3n) is 2.76. The van der Waals surface area contributed by atoms with Crippen molar-refractivity contribution in [3.63, 3.8) is 0 Å². The molecule has 1 nitrogen and oxygen atoms in total. The highest BCUT2D eigenvalue weighted by atomic mass is 14.7. The Morgan fingerprint density at radius 3 is 1.50 bits per heavy atom. The van der Waals surface area contributed by atoms with Gasteiger partial charge < -0.3 is 0 Å². The van der Waals surface area contributed by atoms with Crippen molar-refractivity contribution in [3.8, 4) is 0 Å². The van der Waals surface area contributed by atoms with Crippen molar-refractivity contribution in [2.45, 2.75) is 5.54 Å². The normalized spacial score (nSPS) is 11.1. The molecule has 0 bridgehead atoms. The van der Waals surface area contributed by atoms with Gasteiger partial charge in [0.1, 0.15) is 5.54 Å². The van der Waals surface area contributed by atoms with Crippen molar-refractivity contribution in [2.24, 2.45) is 0 Å². The molecule has 0 saturated carbocycles. The molecule has 0 spiro atoms. The van der Waals surface area contributed by atoms with Gasteiger partial charge in [0.25, 0.3) is 0 Å². The summed E-state index contributed by atoms with van der Waals surface area (Å²) in [6, 6.07) is 19.6. The van der Waals surface area contributed by atoms with Gasteiger partial charge in [0.05, 0.1) is 0 Å². The summed E-state index contributed by atoms with van der Waals surface area (Å²) in [6.45, 7) is 3.80. The summed E-state index contributed by atoms with van der Waals surface area (Å²) in [5, 5.41) is 0. The van der Waals surface area contributed by atoms with E-state index < -0.39 is 5.54 Å².